The molecule has 0 amide bonds. The molecule has 5 nitrogen and oxygen atoms in total. The summed E-state index contributed by atoms with van der Waals surface area (Å²) in [5, 5.41) is 3.85. The van der Waals surface area contributed by atoms with Gasteiger partial charge in [-0.3, -0.25) is 4.98 Å². The maximum Gasteiger partial charge on any atom is 0.259 e. The van der Waals surface area contributed by atoms with Gasteiger partial charge in [0, 0.05) is 6.20 Å². The Morgan fingerprint density at radius 3 is 2.72 bits per heavy atom. The molecule has 0 bridgehead atoms. The quantitative estimate of drug-likeness (QED) is 0.903. The second-order valence-corrected chi connectivity index (χ2v) is 4.32. The highest BCUT2D eigenvalue weighted by molar-refractivity contribution is 5.85. The van der Waals surface area contributed by atoms with Crippen LogP contribution in [0.25, 0.3) is 11.5 Å². The lowest BCUT2D eigenvalue weighted by Crippen LogP contribution is -2.44. The summed E-state index contributed by atoms with van der Waals surface area (Å²) in [5.74, 6) is 0.306. The third-order valence-electron chi connectivity index (χ3n) is 3.07. The summed E-state index contributed by atoms with van der Waals surface area (Å²) in [6.45, 7) is 0. The van der Waals surface area contributed by atoms with Gasteiger partial charge in [-0.15, -0.1) is 12.4 Å². The molecule has 1 aliphatic rings. The molecule has 96 valence electrons. The smallest absolute Gasteiger partial charge is 0.259 e. The first-order valence-corrected chi connectivity index (χ1v) is 5.41. The number of rotatable bonds is 2. The lowest BCUT2D eigenvalue weighted by atomic mass is 9.77. The van der Waals surface area contributed by atoms with Crippen LogP contribution in [0.5, 0.6) is 0 Å². The zero-order valence-electron chi connectivity index (χ0n) is 9.47. The molecule has 0 aromatic carbocycles. The minimum atomic E-state index is -0.470. The largest absolute Gasteiger partial charge is 0.334 e. The van der Waals surface area contributed by atoms with Gasteiger partial charge in [0.15, 0.2) is 5.82 Å². The zero-order valence-corrected chi connectivity index (χ0v) is 10.3. The Hall–Kier alpha value is -1.53. The monoisotopic (exact) mass is 270 g/mol. The summed E-state index contributed by atoms with van der Waals surface area (Å²) in [6.07, 6.45) is 5.38. The maximum atomic E-state index is 13.0. The third kappa shape index (κ3) is 2.09. The highest BCUT2D eigenvalue weighted by Crippen LogP contribution is 2.37. The van der Waals surface area contributed by atoms with Gasteiger partial charge in [0.05, 0.1) is 17.3 Å². The van der Waals surface area contributed by atoms with Crippen molar-refractivity contribution in [1.29, 1.82) is 0 Å². The molecule has 2 aromatic rings. The molecule has 0 unspecified atom stereocenters. The van der Waals surface area contributed by atoms with Crippen molar-refractivity contribution in [3.8, 4) is 11.5 Å². The van der Waals surface area contributed by atoms with E-state index in [2.05, 4.69) is 15.1 Å². The van der Waals surface area contributed by atoms with Crippen LogP contribution in [0.2, 0.25) is 0 Å². The molecule has 2 heterocycles. The zero-order chi connectivity index (χ0) is 11.9. The van der Waals surface area contributed by atoms with Crippen molar-refractivity contribution in [2.45, 2.75) is 24.8 Å². The van der Waals surface area contributed by atoms with Crippen molar-refractivity contribution in [2.24, 2.45) is 5.73 Å². The first-order chi connectivity index (χ1) is 8.17. The number of nitrogens with two attached hydrogens (primary N) is 1. The molecule has 1 aliphatic carbocycles. The molecular weight excluding hydrogens is 259 g/mol. The van der Waals surface area contributed by atoms with E-state index in [1.807, 2.05) is 0 Å². The van der Waals surface area contributed by atoms with Gasteiger partial charge in [0.25, 0.3) is 5.89 Å². The van der Waals surface area contributed by atoms with Crippen LogP contribution >= 0.6 is 12.4 Å². The molecular formula is C11H12ClFN4O. The van der Waals surface area contributed by atoms with Crippen molar-refractivity contribution in [3.63, 3.8) is 0 Å². The van der Waals surface area contributed by atoms with E-state index in [1.165, 1.54) is 12.3 Å². The Balaban J connectivity index is 0.00000120. The summed E-state index contributed by atoms with van der Waals surface area (Å²) in [7, 11) is 0. The molecule has 1 saturated carbocycles. The Bertz CT molecular complexity index is 555. The number of hydrogen-bond donors (Lipinski definition) is 1. The lowest BCUT2D eigenvalue weighted by molar-refractivity contribution is 0.229. The number of hydrogen-bond acceptors (Lipinski definition) is 5. The lowest BCUT2D eigenvalue weighted by Gasteiger charge is -2.34. The molecule has 0 atom stereocenters. The average Bonchev–Trinajstić information content (AvgIpc) is 2.75. The predicted molar refractivity (Wildman–Crippen MR) is 64.5 cm³/mol. The molecule has 0 spiro atoms. The minimum absolute atomic E-state index is 0. The van der Waals surface area contributed by atoms with Gasteiger partial charge >= 0.3 is 0 Å². The SMILES string of the molecule is Cl.NC1(c2noc(-c3cncc(F)c3)n2)CCC1. The highest BCUT2D eigenvalue weighted by Gasteiger charge is 2.39. The van der Waals surface area contributed by atoms with Crippen molar-refractivity contribution in [3.05, 3.63) is 30.1 Å². The fourth-order valence-electron chi connectivity index (χ4n) is 1.85. The molecule has 1 fully saturated rings. The molecule has 0 radical (unpaired) electrons. The number of pyridine rings is 1. The average molecular weight is 271 g/mol. The van der Waals surface area contributed by atoms with E-state index in [1.54, 1.807) is 0 Å². The summed E-state index contributed by atoms with van der Waals surface area (Å²) < 4.78 is 18.1. The molecule has 2 N–H and O–H groups in total. The highest BCUT2D eigenvalue weighted by atomic mass is 35.5. The van der Waals surface area contributed by atoms with Crippen molar-refractivity contribution >= 4 is 12.4 Å². The van der Waals surface area contributed by atoms with Gasteiger partial charge in [-0.2, -0.15) is 4.98 Å². The molecule has 3 rings (SSSR count). The Labute approximate surface area is 109 Å². The predicted octanol–water partition coefficient (Wildman–Crippen LogP) is 2.03. The maximum absolute atomic E-state index is 13.0. The number of nitrogens with zero attached hydrogens (tertiary/aromatic N) is 3. The Morgan fingerprint density at radius 2 is 2.11 bits per heavy atom. The van der Waals surface area contributed by atoms with Crippen LogP contribution in [0.4, 0.5) is 4.39 Å². The normalized spacial score (nSPS) is 16.8. The van der Waals surface area contributed by atoms with Crippen LogP contribution in [-0.2, 0) is 5.54 Å². The van der Waals surface area contributed by atoms with Crippen molar-refractivity contribution < 1.29 is 8.91 Å². The van der Waals surface area contributed by atoms with E-state index in [9.17, 15) is 4.39 Å². The van der Waals surface area contributed by atoms with Crippen LogP contribution in [0.15, 0.2) is 23.0 Å². The van der Waals surface area contributed by atoms with Crippen LogP contribution in [0, 0.1) is 5.82 Å². The Morgan fingerprint density at radius 1 is 1.33 bits per heavy atom. The standard InChI is InChI=1S/C11H11FN4O.ClH/c12-8-4-7(5-14-6-8)9-15-10(16-17-9)11(13)2-1-3-11;/h4-6H,1-3,13H2;1H. The van der Waals surface area contributed by atoms with Crippen LogP contribution in [0.1, 0.15) is 25.1 Å². The van der Waals surface area contributed by atoms with E-state index in [0.29, 0.717) is 11.4 Å². The van der Waals surface area contributed by atoms with E-state index < -0.39 is 11.4 Å². The number of halogens is 2. The van der Waals surface area contributed by atoms with Crippen LogP contribution in [0.3, 0.4) is 0 Å². The fraction of sp³-hybridized carbons (Fsp3) is 0.364. The van der Waals surface area contributed by atoms with Gasteiger partial charge in [-0.1, -0.05) is 5.16 Å². The van der Waals surface area contributed by atoms with Gasteiger partial charge in [0.1, 0.15) is 5.82 Å². The van der Waals surface area contributed by atoms with Gasteiger partial charge in [-0.05, 0) is 25.3 Å². The second kappa shape index (κ2) is 4.62. The first-order valence-electron chi connectivity index (χ1n) is 5.41. The summed E-state index contributed by atoms with van der Waals surface area (Å²) >= 11 is 0. The number of aromatic nitrogens is 3. The first kappa shape index (κ1) is 12.9. The van der Waals surface area contributed by atoms with Crippen LogP contribution < -0.4 is 5.73 Å². The molecule has 7 heteroatoms. The second-order valence-electron chi connectivity index (χ2n) is 4.32. The summed E-state index contributed by atoms with van der Waals surface area (Å²) in [6, 6.07) is 1.30. The molecule has 0 saturated heterocycles. The van der Waals surface area contributed by atoms with Gasteiger partial charge < -0.3 is 10.3 Å². The van der Waals surface area contributed by atoms with Gasteiger partial charge in [-0.25, -0.2) is 4.39 Å². The van der Waals surface area contributed by atoms with E-state index >= 15 is 0 Å². The Kier molecular flexibility index (Phi) is 3.32. The molecule has 2 aromatic heterocycles. The summed E-state index contributed by atoms with van der Waals surface area (Å²) in [5.41, 5.74) is 6.07. The van der Waals surface area contributed by atoms with Gasteiger partial charge in [0.2, 0.25) is 0 Å². The molecule has 18 heavy (non-hydrogen) atoms. The topological polar surface area (TPSA) is 77.8 Å². The van der Waals surface area contributed by atoms with Crippen molar-refractivity contribution in [2.75, 3.05) is 0 Å². The fourth-order valence-corrected chi connectivity index (χ4v) is 1.85. The minimum Gasteiger partial charge on any atom is -0.334 e. The van der Waals surface area contributed by atoms with E-state index in [-0.39, 0.29) is 18.3 Å². The molecule has 0 aliphatic heterocycles. The third-order valence-corrected chi connectivity index (χ3v) is 3.07. The summed E-state index contributed by atoms with van der Waals surface area (Å²) in [4.78, 5) is 7.94. The van der Waals surface area contributed by atoms with Crippen molar-refractivity contribution in [1.82, 2.24) is 15.1 Å². The van der Waals surface area contributed by atoms with E-state index in [4.69, 9.17) is 10.3 Å². The van der Waals surface area contributed by atoms with Crippen LogP contribution in [-0.4, -0.2) is 15.1 Å². The van der Waals surface area contributed by atoms with E-state index in [0.717, 1.165) is 25.5 Å².